The van der Waals surface area contributed by atoms with Gasteiger partial charge in [-0.1, -0.05) is 28.1 Å². The number of nitrogens with one attached hydrogen (secondary N) is 1. The Morgan fingerprint density at radius 2 is 2.00 bits per heavy atom. The number of amides is 1. The van der Waals surface area contributed by atoms with E-state index >= 15 is 0 Å². The minimum absolute atomic E-state index is 0.0289. The van der Waals surface area contributed by atoms with E-state index in [-0.39, 0.29) is 5.91 Å². The van der Waals surface area contributed by atoms with Gasteiger partial charge in [-0.25, -0.2) is 0 Å². The van der Waals surface area contributed by atoms with E-state index in [1.165, 1.54) is 0 Å². The summed E-state index contributed by atoms with van der Waals surface area (Å²) in [5.41, 5.74) is 1.85. The topological polar surface area (TPSA) is 46.2 Å². The van der Waals surface area contributed by atoms with Gasteiger partial charge in [0, 0.05) is 21.3 Å². The number of carbonyl (C=O) groups is 2. The van der Waals surface area contributed by atoms with Crippen molar-refractivity contribution in [2.45, 2.75) is 18.3 Å². The number of hydrogen-bond acceptors (Lipinski definition) is 2. The summed E-state index contributed by atoms with van der Waals surface area (Å²) in [6.07, 6.45) is 6.31. The number of aldehydes is 1. The van der Waals surface area contributed by atoms with E-state index in [4.69, 9.17) is 0 Å². The molecule has 4 heteroatoms. The van der Waals surface area contributed by atoms with Crippen LogP contribution in [0.15, 0.2) is 28.8 Å². The number of anilines is 1. The number of carbonyl (C=O) groups excluding carboxylic acids is 2. The molecule has 1 amide bonds. The number of hydrogen-bond donors (Lipinski definition) is 1. The Labute approximate surface area is 107 Å². The molecule has 0 fully saturated rings. The molecular weight excluding hydrogens is 282 g/mol. The van der Waals surface area contributed by atoms with E-state index in [2.05, 4.69) is 21.2 Å². The molecule has 1 N–H and O–H groups in total. The van der Waals surface area contributed by atoms with Crippen LogP contribution in [0.1, 0.15) is 28.8 Å². The van der Waals surface area contributed by atoms with E-state index in [1.807, 2.05) is 12.2 Å². The van der Waals surface area contributed by atoms with Crippen LogP contribution in [0.4, 0.5) is 5.69 Å². The minimum atomic E-state index is -0.463. The van der Waals surface area contributed by atoms with Crippen LogP contribution in [-0.4, -0.2) is 12.2 Å². The van der Waals surface area contributed by atoms with E-state index in [0.29, 0.717) is 5.56 Å². The average Bonchev–Trinajstić information content (AvgIpc) is 2.87. The number of allylic oxidation sites excluding steroid dienone is 2. The lowest BCUT2D eigenvalue weighted by atomic mass is 9.79. The molecule has 17 heavy (non-hydrogen) atoms. The molecule has 0 radical (unpaired) electrons. The highest BCUT2D eigenvalue weighted by molar-refractivity contribution is 9.10. The first kappa shape index (κ1) is 10.7. The molecule has 3 nitrogen and oxygen atoms in total. The van der Waals surface area contributed by atoms with Gasteiger partial charge < -0.3 is 5.32 Å². The van der Waals surface area contributed by atoms with Crippen molar-refractivity contribution < 1.29 is 9.59 Å². The van der Waals surface area contributed by atoms with Gasteiger partial charge in [-0.15, -0.1) is 0 Å². The maximum Gasteiger partial charge on any atom is 0.235 e. The molecule has 0 unspecified atom stereocenters. The Kier molecular flexibility index (Phi) is 2.23. The monoisotopic (exact) mass is 291 g/mol. The highest BCUT2D eigenvalue weighted by Gasteiger charge is 2.48. The van der Waals surface area contributed by atoms with Gasteiger partial charge >= 0.3 is 0 Å². The van der Waals surface area contributed by atoms with Crippen LogP contribution in [0.2, 0.25) is 0 Å². The molecule has 1 aromatic rings. The van der Waals surface area contributed by atoms with Crippen molar-refractivity contribution in [1.82, 2.24) is 0 Å². The van der Waals surface area contributed by atoms with Crippen molar-refractivity contribution in [2.75, 3.05) is 5.32 Å². The summed E-state index contributed by atoms with van der Waals surface area (Å²) in [6.45, 7) is 0. The Morgan fingerprint density at radius 1 is 1.29 bits per heavy atom. The smallest absolute Gasteiger partial charge is 0.235 e. The van der Waals surface area contributed by atoms with E-state index in [1.54, 1.807) is 12.1 Å². The molecule has 1 aliphatic heterocycles. The maximum absolute atomic E-state index is 12.1. The molecule has 1 aromatic carbocycles. The normalized spacial score (nSPS) is 19.5. The summed E-state index contributed by atoms with van der Waals surface area (Å²) < 4.78 is 0.833. The van der Waals surface area contributed by atoms with Crippen molar-refractivity contribution in [2.24, 2.45) is 0 Å². The summed E-state index contributed by atoms with van der Waals surface area (Å²) >= 11 is 3.47. The molecule has 1 spiro atoms. The lowest BCUT2D eigenvalue weighted by Crippen LogP contribution is -2.31. The van der Waals surface area contributed by atoms with E-state index in [0.717, 1.165) is 34.9 Å². The predicted octanol–water partition coefficient (Wildman–Crippen LogP) is 2.80. The van der Waals surface area contributed by atoms with Gasteiger partial charge in [0.1, 0.15) is 6.29 Å². The predicted molar refractivity (Wildman–Crippen MR) is 68.2 cm³/mol. The number of halogens is 1. The summed E-state index contributed by atoms with van der Waals surface area (Å²) in [5, 5.41) is 2.88. The van der Waals surface area contributed by atoms with Gasteiger partial charge in [-0.05, 0) is 25.0 Å². The Balaban J connectivity index is 2.23. The van der Waals surface area contributed by atoms with Crippen LogP contribution in [-0.2, 0) is 10.2 Å². The average molecular weight is 292 g/mol. The Hall–Kier alpha value is -1.42. The number of benzene rings is 1. The third-order valence-corrected chi connectivity index (χ3v) is 4.13. The van der Waals surface area contributed by atoms with Crippen molar-refractivity contribution >= 4 is 33.8 Å². The molecule has 2 aliphatic rings. The van der Waals surface area contributed by atoms with Crippen LogP contribution in [0.5, 0.6) is 0 Å². The van der Waals surface area contributed by atoms with Crippen LogP contribution < -0.4 is 5.32 Å². The minimum Gasteiger partial charge on any atom is -0.325 e. The first-order chi connectivity index (χ1) is 8.17. The molecule has 86 valence electrons. The molecule has 0 saturated heterocycles. The van der Waals surface area contributed by atoms with Crippen LogP contribution in [0, 0.1) is 0 Å². The first-order valence-corrected chi connectivity index (χ1v) is 6.22. The van der Waals surface area contributed by atoms with Gasteiger partial charge in [-0.2, -0.15) is 0 Å². The summed E-state index contributed by atoms with van der Waals surface area (Å²) in [4.78, 5) is 23.0. The summed E-state index contributed by atoms with van der Waals surface area (Å²) in [6, 6.07) is 3.50. The highest BCUT2D eigenvalue weighted by atomic mass is 79.9. The van der Waals surface area contributed by atoms with E-state index in [9.17, 15) is 9.59 Å². The molecular formula is C13H10BrNO2. The zero-order valence-corrected chi connectivity index (χ0v) is 10.6. The quantitative estimate of drug-likeness (QED) is 0.639. The van der Waals surface area contributed by atoms with Gasteiger partial charge in [0.2, 0.25) is 5.91 Å². The number of rotatable bonds is 1. The van der Waals surface area contributed by atoms with Crippen LogP contribution in [0.3, 0.4) is 0 Å². The van der Waals surface area contributed by atoms with Gasteiger partial charge in [-0.3, -0.25) is 9.59 Å². The van der Waals surface area contributed by atoms with Gasteiger partial charge in [0.15, 0.2) is 0 Å². The highest BCUT2D eigenvalue weighted by Crippen LogP contribution is 2.49. The van der Waals surface area contributed by atoms with Crippen molar-refractivity contribution in [3.05, 3.63) is 39.9 Å². The first-order valence-electron chi connectivity index (χ1n) is 5.43. The Morgan fingerprint density at radius 3 is 2.65 bits per heavy atom. The summed E-state index contributed by atoms with van der Waals surface area (Å²) in [7, 11) is 0. The SMILES string of the molecule is O=Cc1cc(Br)c2c(c1)NC(=O)C21CC=CC1. The molecule has 1 heterocycles. The fraction of sp³-hybridized carbons (Fsp3) is 0.231. The van der Waals surface area contributed by atoms with Crippen LogP contribution in [0.25, 0.3) is 0 Å². The zero-order valence-electron chi connectivity index (χ0n) is 9.00. The second-order valence-corrected chi connectivity index (χ2v) is 5.31. The molecule has 0 saturated carbocycles. The second-order valence-electron chi connectivity index (χ2n) is 4.46. The van der Waals surface area contributed by atoms with Gasteiger partial charge in [0.25, 0.3) is 0 Å². The zero-order chi connectivity index (χ0) is 12.0. The molecule has 0 atom stereocenters. The van der Waals surface area contributed by atoms with E-state index < -0.39 is 5.41 Å². The van der Waals surface area contributed by atoms with Gasteiger partial charge in [0.05, 0.1) is 5.41 Å². The fourth-order valence-electron chi connectivity index (χ4n) is 2.68. The molecule has 0 aromatic heterocycles. The third kappa shape index (κ3) is 1.33. The molecule has 3 rings (SSSR count). The van der Waals surface area contributed by atoms with Crippen molar-refractivity contribution in [3.63, 3.8) is 0 Å². The lowest BCUT2D eigenvalue weighted by Gasteiger charge is -2.21. The maximum atomic E-state index is 12.1. The third-order valence-electron chi connectivity index (χ3n) is 3.51. The molecule has 1 aliphatic carbocycles. The second kappa shape index (κ2) is 3.53. The van der Waals surface area contributed by atoms with Crippen molar-refractivity contribution in [3.8, 4) is 0 Å². The van der Waals surface area contributed by atoms with Crippen molar-refractivity contribution in [1.29, 1.82) is 0 Å². The fourth-order valence-corrected chi connectivity index (χ4v) is 3.54. The summed E-state index contributed by atoms with van der Waals surface area (Å²) in [5.74, 6) is 0.0289. The van der Waals surface area contributed by atoms with Crippen LogP contribution >= 0.6 is 15.9 Å². The molecule has 0 bridgehead atoms. The standard InChI is InChI=1S/C13H10BrNO2/c14-9-5-8(7-16)6-10-11(9)13(12(17)15-10)3-1-2-4-13/h1-2,5-7H,3-4H2,(H,15,17). The largest absolute Gasteiger partial charge is 0.325 e. The number of fused-ring (bicyclic) bond motifs is 2. The lowest BCUT2D eigenvalue weighted by molar-refractivity contribution is -0.120. The Bertz CT molecular complexity index is 555.